The first kappa shape index (κ1) is 30.1. The van der Waals surface area contributed by atoms with Gasteiger partial charge >= 0.3 is 12.1 Å². The molecule has 1 aliphatic heterocycles. The Morgan fingerprint density at radius 2 is 1.55 bits per heavy atom. The number of carboxylic acids is 1. The second kappa shape index (κ2) is 13.2. The van der Waals surface area contributed by atoms with Gasteiger partial charge < -0.3 is 26.0 Å². The van der Waals surface area contributed by atoms with Crippen molar-refractivity contribution in [1.82, 2.24) is 20.8 Å². The van der Waals surface area contributed by atoms with E-state index >= 15 is 0 Å². The number of anilines is 2. The van der Waals surface area contributed by atoms with E-state index in [1.54, 1.807) is 18.2 Å². The number of halogens is 3. The van der Waals surface area contributed by atoms with Gasteiger partial charge in [0.2, 0.25) is 0 Å². The Morgan fingerprint density at radius 1 is 0.929 bits per heavy atom. The summed E-state index contributed by atoms with van der Waals surface area (Å²) in [4.78, 5) is 37.0. The number of aromatic amines is 1. The molecule has 3 aromatic carbocycles. The van der Waals surface area contributed by atoms with Crippen molar-refractivity contribution in [3.63, 3.8) is 0 Å². The number of amides is 2. The zero-order valence-electron chi connectivity index (χ0n) is 22.5. The van der Waals surface area contributed by atoms with Crippen LogP contribution in [0.1, 0.15) is 39.2 Å². The molecule has 1 aliphatic rings. The smallest absolute Gasteiger partial charge is 0.475 e. The third kappa shape index (κ3) is 7.63. The lowest BCUT2D eigenvalue weighted by Gasteiger charge is -2.29. The van der Waals surface area contributed by atoms with Crippen molar-refractivity contribution >= 4 is 40.2 Å². The number of piperazine rings is 1. The van der Waals surface area contributed by atoms with E-state index in [0.717, 1.165) is 42.9 Å². The Labute approximate surface area is 238 Å². The zero-order chi connectivity index (χ0) is 30.3. The van der Waals surface area contributed by atoms with Gasteiger partial charge in [-0.05, 0) is 55.0 Å². The number of nitrogens with zero attached hydrogens (tertiary/aromatic N) is 2. The minimum atomic E-state index is -5.08. The SMILES string of the molecule is CC(NC(=O)c1ccc2[nH]nc(NC(=O)c3ccc(N4CCNCC4)cc3)c2c1)c1ccccc1.O=C(O)C(F)(F)F. The van der Waals surface area contributed by atoms with Gasteiger partial charge in [0.05, 0.1) is 11.6 Å². The average Bonchev–Trinajstić information content (AvgIpc) is 3.39. The van der Waals surface area contributed by atoms with Gasteiger partial charge in [0.1, 0.15) is 0 Å². The molecule has 13 heteroatoms. The number of alkyl halides is 3. The first-order chi connectivity index (χ1) is 20.0. The van der Waals surface area contributed by atoms with Gasteiger partial charge in [-0.2, -0.15) is 18.3 Å². The van der Waals surface area contributed by atoms with Crippen LogP contribution in [0.3, 0.4) is 0 Å². The van der Waals surface area contributed by atoms with Gasteiger partial charge in [-0.1, -0.05) is 30.3 Å². The second-order valence-corrected chi connectivity index (χ2v) is 9.48. The van der Waals surface area contributed by atoms with Gasteiger partial charge in [-0.15, -0.1) is 0 Å². The topological polar surface area (TPSA) is 139 Å². The van der Waals surface area contributed by atoms with Gasteiger partial charge in [0.25, 0.3) is 11.8 Å². The highest BCUT2D eigenvalue weighted by atomic mass is 19.4. The molecule has 1 unspecified atom stereocenters. The predicted molar refractivity (Wildman–Crippen MR) is 152 cm³/mol. The Kier molecular flexibility index (Phi) is 9.42. The Hall–Kier alpha value is -4.91. The molecule has 220 valence electrons. The fraction of sp³-hybridized carbons (Fsp3) is 0.241. The number of carbonyl (C=O) groups excluding carboxylic acids is 2. The molecule has 5 rings (SSSR count). The van der Waals surface area contributed by atoms with Gasteiger partial charge in [0, 0.05) is 48.4 Å². The highest BCUT2D eigenvalue weighted by Gasteiger charge is 2.38. The number of hydrogen-bond acceptors (Lipinski definition) is 6. The van der Waals surface area contributed by atoms with E-state index in [4.69, 9.17) is 9.90 Å². The highest BCUT2D eigenvalue weighted by Crippen LogP contribution is 2.24. The van der Waals surface area contributed by atoms with Crippen molar-refractivity contribution in [2.75, 3.05) is 36.4 Å². The maximum Gasteiger partial charge on any atom is 0.490 e. The normalized spacial score (nSPS) is 14.0. The second-order valence-electron chi connectivity index (χ2n) is 9.48. The monoisotopic (exact) mass is 582 g/mol. The van der Waals surface area contributed by atoms with Crippen molar-refractivity contribution in [3.8, 4) is 0 Å². The fourth-order valence-electron chi connectivity index (χ4n) is 4.28. The van der Waals surface area contributed by atoms with Crippen LogP contribution in [0.15, 0.2) is 72.8 Å². The quantitative estimate of drug-likeness (QED) is 0.228. The standard InChI is InChI=1S/C27H28N6O2.C2HF3O2/c1-18(19-5-3-2-4-6-19)29-27(35)21-9-12-24-23(17-21)25(32-31-24)30-26(34)20-7-10-22(11-8-20)33-15-13-28-14-16-33;3-2(4,5)1(6)7/h2-12,17-18,28H,13-16H2,1H3,(H,29,35)(H2,30,31,32,34);(H,6,7). The lowest BCUT2D eigenvalue weighted by atomic mass is 10.1. The van der Waals surface area contributed by atoms with Crippen LogP contribution in [0.5, 0.6) is 0 Å². The van der Waals surface area contributed by atoms with E-state index in [1.807, 2.05) is 61.5 Å². The lowest BCUT2D eigenvalue weighted by molar-refractivity contribution is -0.192. The van der Waals surface area contributed by atoms with Gasteiger partial charge in [-0.3, -0.25) is 14.7 Å². The molecule has 1 saturated heterocycles. The molecular formula is C29H29F3N6O4. The molecule has 0 spiro atoms. The summed E-state index contributed by atoms with van der Waals surface area (Å²) < 4.78 is 31.7. The highest BCUT2D eigenvalue weighted by molar-refractivity contribution is 6.09. The Bertz CT molecular complexity index is 1530. The maximum absolute atomic E-state index is 12.9. The molecule has 10 nitrogen and oxygen atoms in total. The summed E-state index contributed by atoms with van der Waals surface area (Å²) in [7, 11) is 0. The average molecular weight is 583 g/mol. The largest absolute Gasteiger partial charge is 0.490 e. The minimum absolute atomic E-state index is 0.132. The van der Waals surface area contributed by atoms with Crippen molar-refractivity contribution in [2.45, 2.75) is 19.1 Å². The van der Waals surface area contributed by atoms with Crippen molar-refractivity contribution in [1.29, 1.82) is 0 Å². The van der Waals surface area contributed by atoms with Crippen LogP contribution in [-0.2, 0) is 4.79 Å². The van der Waals surface area contributed by atoms with Crippen LogP contribution in [-0.4, -0.2) is 65.4 Å². The third-order valence-corrected chi connectivity index (χ3v) is 6.56. The van der Waals surface area contributed by atoms with Crippen LogP contribution < -0.4 is 20.9 Å². The van der Waals surface area contributed by atoms with E-state index < -0.39 is 12.1 Å². The molecule has 1 aromatic heterocycles. The van der Waals surface area contributed by atoms with E-state index in [2.05, 4.69) is 31.0 Å². The first-order valence-electron chi connectivity index (χ1n) is 13.0. The molecule has 0 aliphatic carbocycles. The van der Waals surface area contributed by atoms with E-state index in [0.29, 0.717) is 22.3 Å². The molecule has 2 heterocycles. The summed E-state index contributed by atoms with van der Waals surface area (Å²) in [5.41, 5.74) is 3.92. The molecule has 1 fully saturated rings. The molecule has 42 heavy (non-hydrogen) atoms. The number of aromatic nitrogens is 2. The Morgan fingerprint density at radius 3 is 2.17 bits per heavy atom. The molecule has 0 bridgehead atoms. The number of carbonyl (C=O) groups is 3. The maximum atomic E-state index is 12.9. The molecule has 0 radical (unpaired) electrons. The van der Waals surface area contributed by atoms with Gasteiger partial charge in [-0.25, -0.2) is 4.79 Å². The van der Waals surface area contributed by atoms with E-state index in [1.165, 1.54) is 0 Å². The summed E-state index contributed by atoms with van der Waals surface area (Å²) in [6, 6.07) is 22.5. The van der Waals surface area contributed by atoms with E-state index in [9.17, 15) is 22.8 Å². The summed E-state index contributed by atoms with van der Waals surface area (Å²) in [5.74, 6) is -2.81. The number of benzene rings is 3. The Balaban J connectivity index is 0.000000517. The number of aliphatic carboxylic acids is 1. The predicted octanol–water partition coefficient (Wildman–Crippen LogP) is 4.35. The number of carboxylic acid groups (broad SMARTS) is 1. The third-order valence-electron chi connectivity index (χ3n) is 6.56. The lowest BCUT2D eigenvalue weighted by Crippen LogP contribution is -2.43. The summed E-state index contributed by atoms with van der Waals surface area (Å²) in [6.07, 6.45) is -5.08. The molecule has 2 amide bonds. The van der Waals surface area contributed by atoms with Gasteiger partial charge in [0.15, 0.2) is 5.82 Å². The van der Waals surface area contributed by atoms with Crippen molar-refractivity contribution in [3.05, 3.63) is 89.5 Å². The minimum Gasteiger partial charge on any atom is -0.475 e. The summed E-state index contributed by atoms with van der Waals surface area (Å²) >= 11 is 0. The van der Waals surface area contributed by atoms with Crippen LogP contribution >= 0.6 is 0 Å². The number of nitrogens with one attached hydrogen (secondary N) is 4. The molecule has 5 N–H and O–H groups in total. The van der Waals surface area contributed by atoms with Crippen LogP contribution in [0, 0.1) is 0 Å². The fourth-order valence-corrected chi connectivity index (χ4v) is 4.28. The number of rotatable bonds is 6. The van der Waals surface area contributed by atoms with Crippen LogP contribution in [0.2, 0.25) is 0 Å². The van der Waals surface area contributed by atoms with Crippen molar-refractivity contribution in [2.24, 2.45) is 0 Å². The van der Waals surface area contributed by atoms with Crippen molar-refractivity contribution < 1.29 is 32.7 Å². The molecule has 0 saturated carbocycles. The molecule has 1 atom stereocenters. The summed E-state index contributed by atoms with van der Waals surface area (Å²) in [6.45, 7) is 5.76. The zero-order valence-corrected chi connectivity index (χ0v) is 22.5. The molecule has 4 aromatic rings. The number of H-pyrrole nitrogens is 1. The number of hydrogen-bond donors (Lipinski definition) is 5. The van der Waals surface area contributed by atoms with E-state index in [-0.39, 0.29) is 17.9 Å². The molecular weight excluding hydrogens is 553 g/mol. The van der Waals surface area contributed by atoms with Crippen LogP contribution in [0.4, 0.5) is 24.7 Å². The first-order valence-corrected chi connectivity index (χ1v) is 13.0. The summed E-state index contributed by atoms with van der Waals surface area (Å²) in [5, 5.41) is 24.2. The number of fused-ring (bicyclic) bond motifs is 1. The van der Waals surface area contributed by atoms with Crippen LogP contribution in [0.25, 0.3) is 10.9 Å².